The zero-order valence-electron chi connectivity index (χ0n) is 12.6. The Labute approximate surface area is 131 Å². The van der Waals surface area contributed by atoms with E-state index in [1.807, 2.05) is 12.1 Å². The lowest BCUT2D eigenvalue weighted by Gasteiger charge is -2.17. The highest BCUT2D eigenvalue weighted by atomic mass is 32.2. The smallest absolute Gasteiger partial charge is 0.243 e. The van der Waals surface area contributed by atoms with Crippen LogP contribution in [0.5, 0.6) is 0 Å². The van der Waals surface area contributed by atoms with Gasteiger partial charge >= 0.3 is 0 Å². The minimum Gasteiger partial charge on any atom is -0.356 e. The predicted molar refractivity (Wildman–Crippen MR) is 86.2 cm³/mol. The van der Waals surface area contributed by atoms with Gasteiger partial charge in [-0.25, -0.2) is 8.42 Å². The summed E-state index contributed by atoms with van der Waals surface area (Å²) in [6.45, 7) is 3.70. The van der Waals surface area contributed by atoms with Crippen molar-refractivity contribution in [1.82, 2.24) is 14.9 Å². The van der Waals surface area contributed by atoms with Crippen LogP contribution in [0.15, 0.2) is 34.2 Å². The van der Waals surface area contributed by atoms with E-state index >= 15 is 0 Å². The van der Waals surface area contributed by atoms with Crippen LogP contribution in [0, 0.1) is 0 Å². The number of benzene rings is 1. The van der Waals surface area contributed by atoms with Crippen molar-refractivity contribution < 1.29 is 8.42 Å². The third-order valence-electron chi connectivity index (χ3n) is 3.98. The molecule has 0 atom stereocenters. The van der Waals surface area contributed by atoms with Gasteiger partial charge < -0.3 is 10.6 Å². The molecule has 1 aromatic carbocycles. The minimum atomic E-state index is -3.31. The molecule has 0 aromatic heterocycles. The van der Waals surface area contributed by atoms with Gasteiger partial charge in [-0.05, 0) is 37.0 Å². The van der Waals surface area contributed by atoms with Gasteiger partial charge in [0.25, 0.3) is 0 Å². The first-order valence-electron chi connectivity index (χ1n) is 7.77. The summed E-state index contributed by atoms with van der Waals surface area (Å²) >= 11 is 0. The average molecular weight is 322 g/mol. The van der Waals surface area contributed by atoms with E-state index in [0.717, 1.165) is 43.9 Å². The summed E-state index contributed by atoms with van der Waals surface area (Å²) in [4.78, 5) is 4.73. The Bertz CT molecular complexity index is 634. The Morgan fingerprint density at radius 1 is 1.14 bits per heavy atom. The average Bonchev–Trinajstić information content (AvgIpc) is 3.10. The first kappa shape index (κ1) is 15.3. The molecule has 0 aliphatic carbocycles. The van der Waals surface area contributed by atoms with Gasteiger partial charge in [-0.3, -0.25) is 4.99 Å². The second kappa shape index (κ2) is 6.66. The fourth-order valence-electron chi connectivity index (χ4n) is 2.69. The first-order valence-corrected chi connectivity index (χ1v) is 9.21. The molecule has 22 heavy (non-hydrogen) atoms. The molecule has 0 spiro atoms. The monoisotopic (exact) mass is 322 g/mol. The molecule has 1 fully saturated rings. The maximum Gasteiger partial charge on any atom is 0.243 e. The van der Waals surface area contributed by atoms with Gasteiger partial charge in [0.15, 0.2) is 5.96 Å². The molecule has 2 aliphatic rings. The van der Waals surface area contributed by atoms with E-state index in [1.54, 1.807) is 16.4 Å². The summed E-state index contributed by atoms with van der Waals surface area (Å²) in [6, 6.07) is 7.11. The summed E-state index contributed by atoms with van der Waals surface area (Å²) in [5.41, 5.74) is 1.04. The Kier molecular flexibility index (Phi) is 4.63. The molecular weight excluding hydrogens is 300 g/mol. The van der Waals surface area contributed by atoms with E-state index in [-0.39, 0.29) is 0 Å². The summed E-state index contributed by atoms with van der Waals surface area (Å²) in [5, 5.41) is 6.43. The maximum absolute atomic E-state index is 12.4. The van der Waals surface area contributed by atoms with Crippen molar-refractivity contribution in [3.8, 4) is 0 Å². The van der Waals surface area contributed by atoms with Crippen LogP contribution in [0.4, 0.5) is 0 Å². The molecule has 0 bridgehead atoms. The molecule has 7 heteroatoms. The van der Waals surface area contributed by atoms with Crippen LogP contribution in [0.25, 0.3) is 0 Å². The summed E-state index contributed by atoms with van der Waals surface area (Å²) in [5.74, 6) is 0.819. The van der Waals surface area contributed by atoms with E-state index in [0.29, 0.717) is 24.5 Å². The fraction of sp³-hybridized carbons (Fsp3) is 0.533. The molecular formula is C15H22N4O2S. The predicted octanol–water partition coefficient (Wildman–Crippen LogP) is 0.910. The van der Waals surface area contributed by atoms with Gasteiger partial charge in [0.2, 0.25) is 10.0 Å². The fourth-order valence-corrected chi connectivity index (χ4v) is 4.21. The summed E-state index contributed by atoms with van der Waals surface area (Å²) < 4.78 is 26.4. The molecule has 2 N–H and O–H groups in total. The standard InChI is InChI=1S/C15H22N4O2S/c20-22(21,19-10-1-2-11-19)14-6-4-13(5-7-14)12-18-15-16-8-3-9-17-15/h4-7H,1-3,8-12H2,(H2,16,17,18). The molecule has 0 amide bonds. The highest BCUT2D eigenvalue weighted by Crippen LogP contribution is 2.21. The van der Waals surface area contributed by atoms with Gasteiger partial charge in [0.05, 0.1) is 4.90 Å². The van der Waals surface area contributed by atoms with Crippen molar-refractivity contribution in [2.24, 2.45) is 4.99 Å². The van der Waals surface area contributed by atoms with Crippen molar-refractivity contribution in [2.45, 2.75) is 30.7 Å². The molecule has 0 radical (unpaired) electrons. The van der Waals surface area contributed by atoms with E-state index < -0.39 is 10.0 Å². The molecule has 2 heterocycles. The third-order valence-corrected chi connectivity index (χ3v) is 5.90. The van der Waals surface area contributed by atoms with Crippen LogP contribution < -0.4 is 10.6 Å². The number of rotatable bonds is 4. The van der Waals surface area contributed by atoms with Crippen LogP contribution in [-0.4, -0.2) is 44.9 Å². The topological polar surface area (TPSA) is 73.8 Å². The van der Waals surface area contributed by atoms with Gasteiger partial charge in [-0.15, -0.1) is 0 Å². The third kappa shape index (κ3) is 3.41. The SMILES string of the molecule is O=S(=O)(c1ccc(CNC2=NCCCN2)cc1)N1CCCC1. The van der Waals surface area contributed by atoms with E-state index in [4.69, 9.17) is 0 Å². The number of aliphatic imine (C=N–C) groups is 1. The van der Waals surface area contributed by atoms with Gasteiger partial charge in [0.1, 0.15) is 0 Å². The Morgan fingerprint density at radius 2 is 1.86 bits per heavy atom. The number of hydrogen-bond acceptors (Lipinski definition) is 5. The van der Waals surface area contributed by atoms with Gasteiger partial charge in [-0.1, -0.05) is 12.1 Å². The van der Waals surface area contributed by atoms with Crippen molar-refractivity contribution >= 4 is 16.0 Å². The minimum absolute atomic E-state index is 0.381. The van der Waals surface area contributed by atoms with Crippen LogP contribution in [-0.2, 0) is 16.6 Å². The normalized spacial score (nSPS) is 19.5. The lowest BCUT2D eigenvalue weighted by atomic mass is 10.2. The quantitative estimate of drug-likeness (QED) is 0.864. The molecule has 1 saturated heterocycles. The molecule has 2 aliphatic heterocycles. The summed E-state index contributed by atoms with van der Waals surface area (Å²) in [7, 11) is -3.31. The first-order chi connectivity index (χ1) is 10.7. The highest BCUT2D eigenvalue weighted by Gasteiger charge is 2.26. The number of sulfonamides is 1. The van der Waals surface area contributed by atoms with Crippen LogP contribution >= 0.6 is 0 Å². The summed E-state index contributed by atoms with van der Waals surface area (Å²) in [6.07, 6.45) is 2.97. The number of guanidine groups is 1. The van der Waals surface area contributed by atoms with Crippen molar-refractivity contribution in [1.29, 1.82) is 0 Å². The van der Waals surface area contributed by atoms with E-state index in [1.165, 1.54) is 0 Å². The van der Waals surface area contributed by atoms with Crippen molar-refractivity contribution in [2.75, 3.05) is 26.2 Å². The Morgan fingerprint density at radius 3 is 2.50 bits per heavy atom. The van der Waals surface area contributed by atoms with Crippen LogP contribution in [0.2, 0.25) is 0 Å². The molecule has 0 saturated carbocycles. The number of nitrogens with zero attached hydrogens (tertiary/aromatic N) is 2. The van der Waals surface area contributed by atoms with Gasteiger partial charge in [-0.2, -0.15) is 4.31 Å². The zero-order chi connectivity index (χ0) is 15.4. The Hall–Kier alpha value is -1.60. The molecule has 120 valence electrons. The molecule has 3 rings (SSSR count). The second-order valence-corrected chi connectivity index (χ2v) is 7.56. The van der Waals surface area contributed by atoms with Crippen LogP contribution in [0.3, 0.4) is 0 Å². The van der Waals surface area contributed by atoms with Crippen molar-refractivity contribution in [3.05, 3.63) is 29.8 Å². The zero-order valence-corrected chi connectivity index (χ0v) is 13.4. The number of nitrogens with one attached hydrogen (secondary N) is 2. The second-order valence-electron chi connectivity index (χ2n) is 5.62. The Balaban J connectivity index is 1.63. The van der Waals surface area contributed by atoms with Crippen LogP contribution in [0.1, 0.15) is 24.8 Å². The van der Waals surface area contributed by atoms with Crippen molar-refractivity contribution in [3.63, 3.8) is 0 Å². The molecule has 1 aromatic rings. The largest absolute Gasteiger partial charge is 0.356 e. The lowest BCUT2D eigenvalue weighted by molar-refractivity contribution is 0.477. The highest BCUT2D eigenvalue weighted by molar-refractivity contribution is 7.89. The lowest BCUT2D eigenvalue weighted by Crippen LogP contribution is -2.40. The molecule has 6 nitrogen and oxygen atoms in total. The number of hydrogen-bond donors (Lipinski definition) is 2. The maximum atomic E-state index is 12.4. The van der Waals surface area contributed by atoms with Gasteiger partial charge in [0, 0.05) is 32.7 Å². The van der Waals surface area contributed by atoms with E-state index in [9.17, 15) is 8.42 Å². The molecule has 0 unspecified atom stereocenters. The van der Waals surface area contributed by atoms with E-state index in [2.05, 4.69) is 15.6 Å².